The highest BCUT2D eigenvalue weighted by molar-refractivity contribution is 7.12. The van der Waals surface area contributed by atoms with Crippen molar-refractivity contribution in [2.75, 3.05) is 19.6 Å². The van der Waals surface area contributed by atoms with Gasteiger partial charge in [-0.1, -0.05) is 32.8 Å². The second kappa shape index (κ2) is 5.98. The number of hydrogen-bond acceptors (Lipinski definition) is 3. The van der Waals surface area contributed by atoms with Crippen molar-refractivity contribution in [3.8, 4) is 0 Å². The first kappa shape index (κ1) is 13.8. The van der Waals surface area contributed by atoms with Crippen molar-refractivity contribution < 1.29 is 4.79 Å². The van der Waals surface area contributed by atoms with E-state index in [-0.39, 0.29) is 5.78 Å². The van der Waals surface area contributed by atoms with Gasteiger partial charge in [-0.25, -0.2) is 0 Å². The Hall–Kier alpha value is -0.670. The lowest BCUT2D eigenvalue weighted by atomic mass is 9.74. The van der Waals surface area contributed by atoms with E-state index < -0.39 is 0 Å². The SMILES string of the molecule is CCC1(CC)CCN(CC(=O)c2cccs2)CC1. The third-order valence-electron chi connectivity index (χ3n) is 4.58. The lowest BCUT2D eigenvalue weighted by Gasteiger charge is -2.40. The van der Waals surface area contributed by atoms with E-state index in [9.17, 15) is 4.79 Å². The quantitative estimate of drug-likeness (QED) is 0.754. The lowest BCUT2D eigenvalue weighted by Crippen LogP contribution is -2.41. The van der Waals surface area contributed by atoms with Crippen LogP contribution >= 0.6 is 11.3 Å². The molecule has 0 bridgehead atoms. The summed E-state index contributed by atoms with van der Waals surface area (Å²) in [6, 6.07) is 3.88. The van der Waals surface area contributed by atoms with Crippen LogP contribution in [0.15, 0.2) is 17.5 Å². The molecule has 0 unspecified atom stereocenters. The van der Waals surface area contributed by atoms with Crippen molar-refractivity contribution in [3.63, 3.8) is 0 Å². The van der Waals surface area contributed by atoms with Gasteiger partial charge in [0.05, 0.1) is 11.4 Å². The second-order valence-electron chi connectivity index (χ2n) is 5.38. The van der Waals surface area contributed by atoms with Gasteiger partial charge in [0, 0.05) is 0 Å². The third-order valence-corrected chi connectivity index (χ3v) is 5.49. The van der Waals surface area contributed by atoms with Crippen molar-refractivity contribution in [1.29, 1.82) is 0 Å². The summed E-state index contributed by atoms with van der Waals surface area (Å²) in [6.45, 7) is 7.37. The van der Waals surface area contributed by atoms with Crippen molar-refractivity contribution in [2.45, 2.75) is 39.5 Å². The molecule has 0 aliphatic carbocycles. The molecule has 1 aliphatic heterocycles. The molecule has 2 rings (SSSR count). The van der Waals surface area contributed by atoms with Gasteiger partial charge in [-0.05, 0) is 42.8 Å². The van der Waals surface area contributed by atoms with Gasteiger partial charge in [-0.3, -0.25) is 9.69 Å². The molecule has 100 valence electrons. The minimum atomic E-state index is 0.283. The fourth-order valence-corrected chi connectivity index (χ4v) is 3.52. The summed E-state index contributed by atoms with van der Waals surface area (Å²) in [5, 5.41) is 1.97. The maximum absolute atomic E-state index is 12.0. The van der Waals surface area contributed by atoms with E-state index in [1.807, 2.05) is 17.5 Å². The average Bonchev–Trinajstić information content (AvgIpc) is 2.94. The molecule has 0 saturated carbocycles. The molecule has 0 atom stereocenters. The van der Waals surface area contributed by atoms with Crippen molar-refractivity contribution >= 4 is 17.1 Å². The van der Waals surface area contributed by atoms with Crippen molar-refractivity contribution in [3.05, 3.63) is 22.4 Å². The van der Waals surface area contributed by atoms with Crippen LogP contribution in [-0.2, 0) is 0 Å². The summed E-state index contributed by atoms with van der Waals surface area (Å²) in [6.07, 6.45) is 5.04. The normalized spacial score (nSPS) is 19.9. The number of rotatable bonds is 5. The molecule has 18 heavy (non-hydrogen) atoms. The number of hydrogen-bond donors (Lipinski definition) is 0. The molecule has 0 radical (unpaired) electrons. The van der Waals surface area contributed by atoms with Gasteiger partial charge in [0.2, 0.25) is 0 Å². The summed E-state index contributed by atoms with van der Waals surface area (Å²) < 4.78 is 0. The molecule has 1 aliphatic rings. The number of thiophene rings is 1. The van der Waals surface area contributed by atoms with Gasteiger partial charge in [0.15, 0.2) is 5.78 Å². The predicted molar refractivity (Wildman–Crippen MR) is 77.3 cm³/mol. The van der Waals surface area contributed by atoms with Crippen LogP contribution in [0.5, 0.6) is 0 Å². The zero-order valence-electron chi connectivity index (χ0n) is 11.4. The zero-order valence-corrected chi connectivity index (χ0v) is 12.3. The van der Waals surface area contributed by atoms with Crippen molar-refractivity contribution in [2.24, 2.45) is 5.41 Å². The minimum absolute atomic E-state index is 0.283. The third kappa shape index (κ3) is 3.01. The molecular weight excluding hydrogens is 242 g/mol. The van der Waals surface area contributed by atoms with Crippen LogP contribution in [0.1, 0.15) is 49.2 Å². The fraction of sp³-hybridized carbons (Fsp3) is 0.667. The number of Topliss-reactive ketones (excluding diaryl/α,β-unsaturated/α-hetero) is 1. The number of carbonyl (C=O) groups is 1. The largest absolute Gasteiger partial charge is 0.296 e. The molecule has 1 aromatic rings. The van der Waals surface area contributed by atoms with Gasteiger partial charge in [-0.15, -0.1) is 11.3 Å². The van der Waals surface area contributed by atoms with E-state index in [4.69, 9.17) is 0 Å². The van der Waals surface area contributed by atoms with Crippen LogP contribution in [0.3, 0.4) is 0 Å². The molecular formula is C15H23NOS. The van der Waals surface area contributed by atoms with Crippen LogP contribution in [-0.4, -0.2) is 30.3 Å². The first-order valence-corrected chi connectivity index (χ1v) is 7.86. The standard InChI is InChI=1S/C15H23NOS/c1-3-15(4-2)7-9-16(10-8-15)12-13(17)14-6-5-11-18-14/h5-6,11H,3-4,7-10,12H2,1-2H3. The first-order chi connectivity index (χ1) is 8.69. The number of ketones is 1. The highest BCUT2D eigenvalue weighted by Gasteiger charge is 2.31. The van der Waals surface area contributed by atoms with E-state index in [1.54, 1.807) is 11.3 Å². The van der Waals surface area contributed by atoms with E-state index in [0.29, 0.717) is 12.0 Å². The number of nitrogens with zero attached hydrogens (tertiary/aromatic N) is 1. The summed E-state index contributed by atoms with van der Waals surface area (Å²) in [5.41, 5.74) is 0.544. The maximum atomic E-state index is 12.0. The van der Waals surface area contributed by atoms with Crippen molar-refractivity contribution in [1.82, 2.24) is 4.90 Å². The Labute approximate surface area is 114 Å². The Kier molecular flexibility index (Phi) is 4.57. The van der Waals surface area contributed by atoms with Crippen LogP contribution in [0.2, 0.25) is 0 Å². The predicted octanol–water partition coefficient (Wildman–Crippen LogP) is 3.83. The Bertz CT molecular complexity index is 371. The Morgan fingerprint density at radius 1 is 1.33 bits per heavy atom. The summed E-state index contributed by atoms with van der Waals surface area (Å²) in [5.74, 6) is 0.283. The number of piperidine rings is 1. The molecule has 2 heterocycles. The monoisotopic (exact) mass is 265 g/mol. The fourth-order valence-electron chi connectivity index (χ4n) is 2.86. The second-order valence-corrected chi connectivity index (χ2v) is 6.33. The average molecular weight is 265 g/mol. The van der Waals surface area contributed by atoms with E-state index in [1.165, 1.54) is 25.7 Å². The number of carbonyl (C=O) groups excluding carboxylic acids is 1. The highest BCUT2D eigenvalue weighted by atomic mass is 32.1. The zero-order chi connectivity index (χ0) is 13.0. The molecule has 0 amide bonds. The Balaban J connectivity index is 1.85. The summed E-state index contributed by atoms with van der Waals surface area (Å²) in [7, 11) is 0. The van der Waals surface area contributed by atoms with Gasteiger partial charge < -0.3 is 0 Å². The van der Waals surface area contributed by atoms with E-state index in [0.717, 1.165) is 18.0 Å². The van der Waals surface area contributed by atoms with Crippen LogP contribution in [0.4, 0.5) is 0 Å². The number of likely N-dealkylation sites (tertiary alicyclic amines) is 1. The highest BCUT2D eigenvalue weighted by Crippen LogP contribution is 2.37. The van der Waals surface area contributed by atoms with Crippen LogP contribution in [0.25, 0.3) is 0 Å². The smallest absolute Gasteiger partial charge is 0.186 e. The van der Waals surface area contributed by atoms with E-state index >= 15 is 0 Å². The molecule has 0 aromatic carbocycles. The van der Waals surface area contributed by atoms with Crippen LogP contribution < -0.4 is 0 Å². The minimum Gasteiger partial charge on any atom is -0.296 e. The van der Waals surface area contributed by atoms with Crippen LogP contribution in [0, 0.1) is 5.41 Å². The summed E-state index contributed by atoms with van der Waals surface area (Å²) in [4.78, 5) is 15.3. The molecule has 3 heteroatoms. The molecule has 1 aromatic heterocycles. The molecule has 1 fully saturated rings. The van der Waals surface area contributed by atoms with Gasteiger partial charge in [0.25, 0.3) is 0 Å². The maximum Gasteiger partial charge on any atom is 0.186 e. The molecule has 0 N–H and O–H groups in total. The molecule has 2 nitrogen and oxygen atoms in total. The van der Waals surface area contributed by atoms with Gasteiger partial charge in [0.1, 0.15) is 0 Å². The lowest BCUT2D eigenvalue weighted by molar-refractivity contribution is 0.0759. The Morgan fingerprint density at radius 2 is 2.00 bits per heavy atom. The summed E-state index contributed by atoms with van der Waals surface area (Å²) >= 11 is 1.55. The van der Waals surface area contributed by atoms with Gasteiger partial charge in [-0.2, -0.15) is 0 Å². The molecule has 1 saturated heterocycles. The van der Waals surface area contributed by atoms with E-state index in [2.05, 4.69) is 18.7 Å². The topological polar surface area (TPSA) is 20.3 Å². The first-order valence-electron chi connectivity index (χ1n) is 6.98. The van der Waals surface area contributed by atoms with Gasteiger partial charge >= 0.3 is 0 Å². The molecule has 0 spiro atoms. The Morgan fingerprint density at radius 3 is 2.50 bits per heavy atom.